The molecule has 0 amide bonds. The molecule has 0 saturated heterocycles. The van der Waals surface area contributed by atoms with Crippen molar-refractivity contribution in [1.82, 2.24) is 9.97 Å². The lowest BCUT2D eigenvalue weighted by molar-refractivity contribution is 0.627. The van der Waals surface area contributed by atoms with Crippen molar-refractivity contribution in [1.29, 1.82) is 0 Å². The van der Waals surface area contributed by atoms with Gasteiger partial charge in [0.25, 0.3) is 0 Å². The molecule has 0 radical (unpaired) electrons. The number of hydrogen-bond acceptors (Lipinski definition) is 4. The van der Waals surface area contributed by atoms with E-state index < -0.39 is 5.82 Å². The summed E-state index contributed by atoms with van der Waals surface area (Å²) in [6, 6.07) is 12.5. The zero-order valence-electron chi connectivity index (χ0n) is 14.1. The van der Waals surface area contributed by atoms with E-state index in [0.29, 0.717) is 29.7 Å². The van der Waals surface area contributed by atoms with Crippen molar-refractivity contribution in [3.8, 4) is 0 Å². The SMILES string of the molecule is Cc1nc(NCCc2ccc(F)cc2)cc(Nc2ccc(F)c(Cl)c2)n1. The van der Waals surface area contributed by atoms with Gasteiger partial charge in [0.05, 0.1) is 5.02 Å². The summed E-state index contributed by atoms with van der Waals surface area (Å²) in [6.45, 7) is 2.43. The molecule has 0 fully saturated rings. The fourth-order valence-corrected chi connectivity index (χ4v) is 2.61. The Morgan fingerprint density at radius 2 is 1.69 bits per heavy atom. The lowest BCUT2D eigenvalue weighted by atomic mass is 10.1. The first-order valence-electron chi connectivity index (χ1n) is 8.06. The number of hydrogen-bond donors (Lipinski definition) is 2. The highest BCUT2D eigenvalue weighted by atomic mass is 35.5. The maximum absolute atomic E-state index is 13.3. The summed E-state index contributed by atoms with van der Waals surface area (Å²) >= 11 is 5.80. The molecule has 0 aliphatic carbocycles. The molecule has 0 bridgehead atoms. The van der Waals surface area contributed by atoms with Crippen LogP contribution in [-0.4, -0.2) is 16.5 Å². The van der Waals surface area contributed by atoms with Crippen LogP contribution in [0.5, 0.6) is 0 Å². The van der Waals surface area contributed by atoms with E-state index in [0.717, 1.165) is 12.0 Å². The van der Waals surface area contributed by atoms with E-state index >= 15 is 0 Å². The molecule has 3 rings (SSSR count). The van der Waals surface area contributed by atoms with E-state index in [9.17, 15) is 8.78 Å². The van der Waals surface area contributed by atoms with Crippen LogP contribution in [0.25, 0.3) is 0 Å². The van der Waals surface area contributed by atoms with Crippen LogP contribution in [-0.2, 0) is 6.42 Å². The topological polar surface area (TPSA) is 49.8 Å². The Bertz CT molecular complexity index is 901. The van der Waals surface area contributed by atoms with Crippen molar-refractivity contribution in [2.75, 3.05) is 17.2 Å². The second-order valence-corrected chi connectivity index (χ2v) is 6.15. The quantitative estimate of drug-likeness (QED) is 0.629. The van der Waals surface area contributed by atoms with E-state index in [1.165, 1.54) is 24.3 Å². The van der Waals surface area contributed by atoms with Crippen molar-refractivity contribution in [3.05, 3.63) is 76.6 Å². The highest BCUT2D eigenvalue weighted by Crippen LogP contribution is 2.23. The molecule has 7 heteroatoms. The van der Waals surface area contributed by atoms with Crippen LogP contribution in [0.2, 0.25) is 5.02 Å². The Morgan fingerprint density at radius 1 is 0.962 bits per heavy atom. The van der Waals surface area contributed by atoms with Crippen molar-refractivity contribution < 1.29 is 8.78 Å². The van der Waals surface area contributed by atoms with Gasteiger partial charge in [-0.2, -0.15) is 0 Å². The molecule has 1 heterocycles. The molecule has 0 atom stereocenters. The Morgan fingerprint density at radius 3 is 2.42 bits per heavy atom. The minimum atomic E-state index is -0.473. The predicted molar refractivity (Wildman–Crippen MR) is 100 cm³/mol. The van der Waals surface area contributed by atoms with Gasteiger partial charge in [-0.25, -0.2) is 18.7 Å². The molecular weight excluding hydrogens is 358 g/mol. The van der Waals surface area contributed by atoms with Gasteiger partial charge < -0.3 is 10.6 Å². The normalized spacial score (nSPS) is 10.6. The zero-order chi connectivity index (χ0) is 18.5. The van der Waals surface area contributed by atoms with Gasteiger partial charge in [0.15, 0.2) is 0 Å². The number of anilines is 3. The molecule has 0 unspecified atom stereocenters. The molecule has 0 spiro atoms. The van der Waals surface area contributed by atoms with Crippen LogP contribution in [0.15, 0.2) is 48.5 Å². The first kappa shape index (κ1) is 18.1. The number of halogens is 3. The average molecular weight is 375 g/mol. The van der Waals surface area contributed by atoms with E-state index in [1.54, 1.807) is 31.2 Å². The Hall–Kier alpha value is -2.73. The number of benzene rings is 2. The molecule has 3 aromatic rings. The summed E-state index contributed by atoms with van der Waals surface area (Å²) < 4.78 is 26.2. The zero-order valence-corrected chi connectivity index (χ0v) is 14.8. The van der Waals surface area contributed by atoms with Crippen LogP contribution >= 0.6 is 11.6 Å². The molecule has 134 valence electrons. The summed E-state index contributed by atoms with van der Waals surface area (Å²) in [5, 5.41) is 6.35. The molecule has 0 aliphatic rings. The molecule has 1 aromatic heterocycles. The number of aryl methyl sites for hydroxylation is 1. The lowest BCUT2D eigenvalue weighted by Crippen LogP contribution is -2.08. The maximum atomic E-state index is 13.3. The lowest BCUT2D eigenvalue weighted by Gasteiger charge is -2.11. The minimum absolute atomic E-state index is 0.0402. The van der Waals surface area contributed by atoms with Gasteiger partial charge in [-0.3, -0.25) is 0 Å². The van der Waals surface area contributed by atoms with Gasteiger partial charge in [-0.1, -0.05) is 23.7 Å². The van der Waals surface area contributed by atoms with Gasteiger partial charge in [0, 0.05) is 18.3 Å². The van der Waals surface area contributed by atoms with Gasteiger partial charge >= 0.3 is 0 Å². The molecule has 26 heavy (non-hydrogen) atoms. The van der Waals surface area contributed by atoms with E-state index in [4.69, 9.17) is 11.6 Å². The highest BCUT2D eigenvalue weighted by molar-refractivity contribution is 6.31. The van der Waals surface area contributed by atoms with Gasteiger partial charge in [-0.05, 0) is 49.2 Å². The second-order valence-electron chi connectivity index (χ2n) is 5.74. The maximum Gasteiger partial charge on any atom is 0.141 e. The van der Waals surface area contributed by atoms with E-state index in [1.807, 2.05) is 0 Å². The Labute approximate surface area is 155 Å². The largest absolute Gasteiger partial charge is 0.370 e. The van der Waals surface area contributed by atoms with Crippen LogP contribution in [0.4, 0.5) is 26.1 Å². The smallest absolute Gasteiger partial charge is 0.141 e. The Kier molecular flexibility index (Phi) is 5.63. The predicted octanol–water partition coefficient (Wildman–Crippen LogP) is 5.11. The first-order chi connectivity index (χ1) is 12.5. The summed E-state index contributed by atoms with van der Waals surface area (Å²) in [7, 11) is 0. The average Bonchev–Trinajstić information content (AvgIpc) is 2.59. The summed E-state index contributed by atoms with van der Waals surface area (Å²) in [4.78, 5) is 8.66. The molecule has 0 aliphatic heterocycles. The third kappa shape index (κ3) is 4.89. The third-order valence-corrected chi connectivity index (χ3v) is 3.95. The van der Waals surface area contributed by atoms with Crippen LogP contribution in [0, 0.1) is 18.6 Å². The molecule has 4 nitrogen and oxygen atoms in total. The number of aromatic nitrogens is 2. The molecule has 2 aromatic carbocycles. The fraction of sp³-hybridized carbons (Fsp3) is 0.158. The van der Waals surface area contributed by atoms with Gasteiger partial charge in [-0.15, -0.1) is 0 Å². The van der Waals surface area contributed by atoms with Crippen LogP contribution in [0.3, 0.4) is 0 Å². The van der Waals surface area contributed by atoms with Gasteiger partial charge in [0.2, 0.25) is 0 Å². The number of nitrogens with one attached hydrogen (secondary N) is 2. The molecular formula is C19H17ClF2N4. The molecule has 0 saturated carbocycles. The second kappa shape index (κ2) is 8.10. The van der Waals surface area contributed by atoms with Crippen molar-refractivity contribution in [3.63, 3.8) is 0 Å². The van der Waals surface area contributed by atoms with Crippen molar-refractivity contribution in [2.45, 2.75) is 13.3 Å². The molecule has 2 N–H and O–H groups in total. The number of rotatable bonds is 6. The van der Waals surface area contributed by atoms with Gasteiger partial charge in [0.1, 0.15) is 29.1 Å². The van der Waals surface area contributed by atoms with Crippen LogP contribution in [0.1, 0.15) is 11.4 Å². The standard InChI is InChI=1S/C19H17ClF2N4/c1-12-24-18(23-9-8-13-2-4-14(21)5-3-13)11-19(25-12)26-15-6-7-17(22)16(20)10-15/h2-7,10-11H,8-9H2,1H3,(H2,23,24,25,26). The van der Waals surface area contributed by atoms with E-state index in [2.05, 4.69) is 20.6 Å². The summed E-state index contributed by atoms with van der Waals surface area (Å²) in [5.41, 5.74) is 1.66. The summed E-state index contributed by atoms with van der Waals surface area (Å²) in [5.74, 6) is 1.11. The first-order valence-corrected chi connectivity index (χ1v) is 8.43. The monoisotopic (exact) mass is 374 g/mol. The summed E-state index contributed by atoms with van der Waals surface area (Å²) in [6.07, 6.45) is 0.736. The van der Waals surface area contributed by atoms with Crippen molar-refractivity contribution >= 4 is 28.9 Å². The fourth-order valence-electron chi connectivity index (χ4n) is 2.43. The van der Waals surface area contributed by atoms with Crippen molar-refractivity contribution in [2.24, 2.45) is 0 Å². The van der Waals surface area contributed by atoms with Crippen LogP contribution < -0.4 is 10.6 Å². The minimum Gasteiger partial charge on any atom is -0.370 e. The third-order valence-electron chi connectivity index (χ3n) is 3.66. The Balaban J connectivity index is 1.65. The highest BCUT2D eigenvalue weighted by Gasteiger charge is 2.05. The van der Waals surface area contributed by atoms with E-state index in [-0.39, 0.29) is 10.8 Å². The number of nitrogens with zero attached hydrogens (tertiary/aromatic N) is 2.